The number of hydrogen-bond acceptors (Lipinski definition) is 8. The predicted octanol–water partition coefficient (Wildman–Crippen LogP) is 5.01. The monoisotopic (exact) mass is 458 g/mol. The molecular formula is C24H22N6O2S. The minimum absolute atomic E-state index is 0.292. The summed E-state index contributed by atoms with van der Waals surface area (Å²) >= 11 is 1.59. The number of hydrogen-bond donors (Lipinski definition) is 0. The molecule has 0 spiro atoms. The molecule has 0 saturated heterocycles. The van der Waals surface area contributed by atoms with E-state index in [9.17, 15) is 0 Å². The molecule has 0 aliphatic carbocycles. The molecule has 1 atom stereocenters. The summed E-state index contributed by atoms with van der Waals surface area (Å²) in [6.45, 7) is 3.91. The van der Waals surface area contributed by atoms with Gasteiger partial charge in [0.05, 0.1) is 23.3 Å². The van der Waals surface area contributed by atoms with Crippen LogP contribution in [0.5, 0.6) is 11.6 Å². The number of pyridine rings is 1. The van der Waals surface area contributed by atoms with E-state index in [1.807, 2.05) is 68.9 Å². The summed E-state index contributed by atoms with van der Waals surface area (Å²) in [6.07, 6.45) is 3.18. The molecule has 5 rings (SSSR count). The number of fused-ring (bicyclic) bond motifs is 1. The Balaban J connectivity index is 1.64. The molecule has 166 valence electrons. The summed E-state index contributed by atoms with van der Waals surface area (Å²) in [5.74, 6) is 0.866. The lowest BCUT2D eigenvalue weighted by Crippen LogP contribution is -2.07. The summed E-state index contributed by atoms with van der Waals surface area (Å²) in [5.41, 5.74) is 5.48. The number of nitrogens with zero attached hydrogens (tertiary/aromatic N) is 6. The van der Waals surface area contributed by atoms with Crippen molar-refractivity contribution in [2.45, 2.75) is 20.0 Å². The summed E-state index contributed by atoms with van der Waals surface area (Å²) in [4.78, 5) is 18.3. The molecule has 0 aliphatic heterocycles. The Hall–Kier alpha value is -3.85. The Bertz CT molecular complexity index is 1430. The average Bonchev–Trinajstić information content (AvgIpc) is 3.44. The van der Waals surface area contributed by atoms with Crippen LogP contribution in [-0.4, -0.2) is 36.8 Å². The summed E-state index contributed by atoms with van der Waals surface area (Å²) in [5, 5.41) is 7.65. The fraction of sp³-hybridized carbons (Fsp3) is 0.208. The molecule has 0 aliphatic rings. The second kappa shape index (κ2) is 8.59. The molecule has 0 amide bonds. The van der Waals surface area contributed by atoms with Gasteiger partial charge in [-0.05, 0) is 13.8 Å². The van der Waals surface area contributed by atoms with Crippen LogP contribution < -0.4 is 9.47 Å². The lowest BCUT2D eigenvalue weighted by atomic mass is 10.0. The van der Waals surface area contributed by atoms with Crippen molar-refractivity contribution < 1.29 is 9.47 Å². The van der Waals surface area contributed by atoms with Crippen LogP contribution in [0.15, 0.2) is 54.3 Å². The molecule has 0 unspecified atom stereocenters. The topological polar surface area (TPSA) is 87.8 Å². The minimum atomic E-state index is -0.292. The Morgan fingerprint density at radius 2 is 1.88 bits per heavy atom. The highest BCUT2D eigenvalue weighted by molar-refractivity contribution is 7.09. The van der Waals surface area contributed by atoms with Crippen molar-refractivity contribution in [1.29, 1.82) is 0 Å². The number of aryl methyl sites for hydroxylation is 2. The predicted molar refractivity (Wildman–Crippen MR) is 127 cm³/mol. The van der Waals surface area contributed by atoms with E-state index in [0.29, 0.717) is 28.4 Å². The highest BCUT2D eigenvalue weighted by atomic mass is 32.1. The van der Waals surface area contributed by atoms with Gasteiger partial charge in [0.1, 0.15) is 29.3 Å². The number of rotatable bonds is 6. The van der Waals surface area contributed by atoms with Crippen molar-refractivity contribution in [1.82, 2.24) is 29.7 Å². The second-order valence-electron chi connectivity index (χ2n) is 7.57. The molecular weight excluding hydrogens is 436 g/mol. The second-order valence-corrected chi connectivity index (χ2v) is 8.63. The van der Waals surface area contributed by atoms with Gasteiger partial charge in [0, 0.05) is 35.8 Å². The van der Waals surface area contributed by atoms with Crippen molar-refractivity contribution in [3.8, 4) is 34.1 Å². The first-order valence-electron chi connectivity index (χ1n) is 10.4. The highest BCUT2D eigenvalue weighted by Crippen LogP contribution is 2.37. The normalized spacial score (nSPS) is 12.1. The Labute approximate surface area is 194 Å². The van der Waals surface area contributed by atoms with E-state index in [1.165, 1.54) is 6.33 Å². The Morgan fingerprint density at radius 1 is 1.06 bits per heavy atom. The maximum absolute atomic E-state index is 6.19. The molecule has 1 aromatic carbocycles. The molecule has 4 aromatic heterocycles. The first-order valence-corrected chi connectivity index (χ1v) is 11.3. The maximum Gasteiger partial charge on any atom is 0.258 e. The summed E-state index contributed by atoms with van der Waals surface area (Å²) in [7, 11) is 3.48. The van der Waals surface area contributed by atoms with E-state index in [1.54, 1.807) is 23.1 Å². The molecule has 8 nitrogen and oxygen atoms in total. The van der Waals surface area contributed by atoms with E-state index in [-0.39, 0.29) is 6.10 Å². The van der Waals surface area contributed by atoms with E-state index < -0.39 is 0 Å². The molecule has 33 heavy (non-hydrogen) atoms. The minimum Gasteiger partial charge on any atom is -0.491 e. The van der Waals surface area contributed by atoms with E-state index in [0.717, 1.165) is 27.5 Å². The number of ether oxygens (including phenoxy) is 2. The number of aromatic nitrogens is 6. The van der Waals surface area contributed by atoms with Gasteiger partial charge in [0.25, 0.3) is 5.88 Å². The molecule has 5 aromatic rings. The molecule has 9 heteroatoms. The zero-order chi connectivity index (χ0) is 22.9. The van der Waals surface area contributed by atoms with Gasteiger partial charge in [-0.3, -0.25) is 4.68 Å². The lowest BCUT2D eigenvalue weighted by molar-refractivity contribution is 0.203. The van der Waals surface area contributed by atoms with Crippen LogP contribution in [-0.2, 0) is 7.05 Å². The van der Waals surface area contributed by atoms with Crippen LogP contribution in [0, 0.1) is 6.92 Å². The first-order chi connectivity index (χ1) is 16.0. The van der Waals surface area contributed by atoms with Gasteiger partial charge in [-0.1, -0.05) is 30.3 Å². The van der Waals surface area contributed by atoms with Gasteiger partial charge < -0.3 is 9.47 Å². The first kappa shape index (κ1) is 21.0. The fourth-order valence-corrected chi connectivity index (χ4v) is 4.34. The molecule has 0 radical (unpaired) electrons. The standard InChI is InChI=1S/C24H22N6O2S/c1-14(19-12-33-15(2)27-19)32-24-20(31-4)10-18-23(28-24)22(26-13-25-18)17-11-30(3)29-21(17)16-8-6-5-7-9-16/h5-14H,1-4H3/t14-/m0/s1. The van der Waals surface area contributed by atoms with Gasteiger partial charge in [-0.15, -0.1) is 11.3 Å². The van der Waals surface area contributed by atoms with Crippen LogP contribution in [0.2, 0.25) is 0 Å². The zero-order valence-electron chi connectivity index (χ0n) is 18.7. The molecule has 0 N–H and O–H groups in total. The van der Waals surface area contributed by atoms with E-state index in [2.05, 4.69) is 20.1 Å². The number of thiazole rings is 1. The number of benzene rings is 1. The largest absolute Gasteiger partial charge is 0.491 e. The van der Waals surface area contributed by atoms with Crippen LogP contribution in [0.3, 0.4) is 0 Å². The van der Waals surface area contributed by atoms with Crippen molar-refractivity contribution >= 4 is 22.4 Å². The average molecular weight is 459 g/mol. The summed E-state index contributed by atoms with van der Waals surface area (Å²) < 4.78 is 13.5. The van der Waals surface area contributed by atoms with E-state index >= 15 is 0 Å². The van der Waals surface area contributed by atoms with Gasteiger partial charge in [0.2, 0.25) is 0 Å². The van der Waals surface area contributed by atoms with Crippen LogP contribution in [0.1, 0.15) is 23.7 Å². The van der Waals surface area contributed by atoms with Gasteiger partial charge >= 0.3 is 0 Å². The maximum atomic E-state index is 6.19. The molecule has 0 saturated carbocycles. The SMILES string of the molecule is COc1cc2ncnc(-c3cn(C)nc3-c3ccccc3)c2nc1O[C@@H](C)c1csc(C)n1. The molecule has 0 bridgehead atoms. The molecule has 0 fully saturated rings. The third-order valence-electron chi connectivity index (χ3n) is 5.24. The van der Waals surface area contributed by atoms with Crippen molar-refractivity contribution in [3.63, 3.8) is 0 Å². The van der Waals surface area contributed by atoms with Gasteiger partial charge in [-0.25, -0.2) is 19.9 Å². The quantitative estimate of drug-likeness (QED) is 0.354. The van der Waals surface area contributed by atoms with Gasteiger partial charge in [0.15, 0.2) is 5.75 Å². The van der Waals surface area contributed by atoms with Crippen LogP contribution in [0.25, 0.3) is 33.5 Å². The lowest BCUT2D eigenvalue weighted by Gasteiger charge is -2.15. The summed E-state index contributed by atoms with van der Waals surface area (Å²) in [6, 6.07) is 11.8. The third kappa shape index (κ3) is 4.03. The van der Waals surface area contributed by atoms with E-state index in [4.69, 9.17) is 14.5 Å². The van der Waals surface area contributed by atoms with Crippen molar-refractivity contribution in [3.05, 3.63) is 65.0 Å². The highest BCUT2D eigenvalue weighted by Gasteiger charge is 2.21. The van der Waals surface area contributed by atoms with Crippen LogP contribution in [0.4, 0.5) is 0 Å². The van der Waals surface area contributed by atoms with Crippen molar-refractivity contribution in [2.24, 2.45) is 7.05 Å². The van der Waals surface area contributed by atoms with Crippen LogP contribution >= 0.6 is 11.3 Å². The third-order valence-corrected chi connectivity index (χ3v) is 6.03. The molecule has 4 heterocycles. The Morgan fingerprint density at radius 3 is 2.61 bits per heavy atom. The van der Waals surface area contributed by atoms with Gasteiger partial charge in [-0.2, -0.15) is 5.10 Å². The fourth-order valence-electron chi connectivity index (χ4n) is 3.64. The number of methoxy groups -OCH3 is 1. The van der Waals surface area contributed by atoms with Crippen molar-refractivity contribution in [2.75, 3.05) is 7.11 Å². The Kier molecular flexibility index (Phi) is 5.47. The smallest absolute Gasteiger partial charge is 0.258 e. The zero-order valence-corrected chi connectivity index (χ0v) is 19.5.